The number of rotatable bonds is 6. The summed E-state index contributed by atoms with van der Waals surface area (Å²) in [5.41, 5.74) is 1.41. The van der Waals surface area contributed by atoms with E-state index in [1.807, 2.05) is 12.1 Å². The Kier molecular flexibility index (Phi) is 6.43. The lowest BCUT2D eigenvalue weighted by atomic mass is 10.1. The Morgan fingerprint density at radius 2 is 1.83 bits per heavy atom. The van der Waals surface area contributed by atoms with Crippen molar-refractivity contribution in [2.24, 2.45) is 7.05 Å². The second-order valence-electron chi connectivity index (χ2n) is 5.03. The molecule has 1 N–H and O–H groups in total. The number of hydrogen-bond donors (Lipinski definition) is 1. The lowest BCUT2D eigenvalue weighted by Crippen LogP contribution is -2.27. The van der Waals surface area contributed by atoms with E-state index in [-0.39, 0.29) is 5.91 Å². The van der Waals surface area contributed by atoms with Crippen molar-refractivity contribution in [2.75, 3.05) is 20.8 Å². The van der Waals surface area contributed by atoms with Crippen LogP contribution in [-0.2, 0) is 13.5 Å². The van der Waals surface area contributed by atoms with Crippen LogP contribution in [0.4, 0.5) is 0 Å². The van der Waals surface area contributed by atoms with Crippen LogP contribution in [0.1, 0.15) is 16.1 Å². The molecule has 130 valence electrons. The van der Waals surface area contributed by atoms with Gasteiger partial charge in [0.2, 0.25) is 0 Å². The number of methoxy groups -OCH3 is 2. The predicted molar refractivity (Wildman–Crippen MR) is 98.7 cm³/mol. The molecule has 0 spiro atoms. The molecule has 0 aliphatic heterocycles. The van der Waals surface area contributed by atoms with Gasteiger partial charge in [0.05, 0.1) is 19.2 Å². The maximum atomic E-state index is 12.2. The minimum Gasteiger partial charge on any atom is -0.493 e. The number of nitrogens with one attached hydrogen (secondary N) is 1. The van der Waals surface area contributed by atoms with Crippen LogP contribution in [0.25, 0.3) is 0 Å². The molecule has 1 heterocycles. The van der Waals surface area contributed by atoms with E-state index in [1.165, 1.54) is 0 Å². The minimum absolute atomic E-state index is 0.233. The van der Waals surface area contributed by atoms with Gasteiger partial charge in [-0.1, -0.05) is 39.1 Å². The molecule has 1 aromatic heterocycles. The highest BCUT2D eigenvalue weighted by Gasteiger charge is 2.16. The summed E-state index contributed by atoms with van der Waals surface area (Å²) >= 11 is 15.4. The summed E-state index contributed by atoms with van der Waals surface area (Å²) in [6, 6.07) is 5.27. The Hall–Kier alpha value is -1.37. The third-order valence-corrected chi connectivity index (χ3v) is 5.16. The first-order chi connectivity index (χ1) is 11.4. The van der Waals surface area contributed by atoms with Crippen LogP contribution in [0.5, 0.6) is 11.5 Å². The molecule has 2 aromatic rings. The molecule has 0 saturated carbocycles. The van der Waals surface area contributed by atoms with Crippen LogP contribution in [0.3, 0.4) is 0 Å². The average Bonchev–Trinajstić information content (AvgIpc) is 2.83. The van der Waals surface area contributed by atoms with E-state index >= 15 is 0 Å². The van der Waals surface area contributed by atoms with E-state index in [0.29, 0.717) is 40.3 Å². The highest BCUT2D eigenvalue weighted by molar-refractivity contribution is 9.10. The standard InChI is InChI=1S/C16H17BrCl2N2O3/c1-21-12(8-11(18)15(21)19)16(22)20-5-4-9-6-13(23-2)14(24-3)7-10(9)17/h6-8H,4-5H2,1-3H3,(H,20,22). The first-order valence-electron chi connectivity index (χ1n) is 7.08. The maximum absolute atomic E-state index is 12.2. The molecule has 0 aliphatic rings. The van der Waals surface area contributed by atoms with Gasteiger partial charge in [-0.3, -0.25) is 4.79 Å². The molecule has 24 heavy (non-hydrogen) atoms. The fourth-order valence-corrected chi connectivity index (χ4v) is 3.15. The van der Waals surface area contributed by atoms with Crippen LogP contribution in [0.15, 0.2) is 22.7 Å². The third-order valence-electron chi connectivity index (χ3n) is 3.58. The second-order valence-corrected chi connectivity index (χ2v) is 6.65. The van der Waals surface area contributed by atoms with Crippen molar-refractivity contribution in [3.05, 3.63) is 44.1 Å². The number of aromatic nitrogens is 1. The fourth-order valence-electron chi connectivity index (χ4n) is 2.25. The molecule has 1 aromatic carbocycles. The summed E-state index contributed by atoms with van der Waals surface area (Å²) in [5.74, 6) is 1.05. The van der Waals surface area contributed by atoms with Crippen molar-refractivity contribution >= 4 is 45.0 Å². The highest BCUT2D eigenvalue weighted by atomic mass is 79.9. The Morgan fingerprint density at radius 3 is 2.38 bits per heavy atom. The van der Waals surface area contributed by atoms with Crippen molar-refractivity contribution in [3.63, 3.8) is 0 Å². The van der Waals surface area contributed by atoms with Gasteiger partial charge in [-0.05, 0) is 30.2 Å². The summed E-state index contributed by atoms with van der Waals surface area (Å²) in [6.07, 6.45) is 0.624. The lowest BCUT2D eigenvalue weighted by molar-refractivity contribution is 0.0946. The molecule has 8 heteroatoms. The Bertz CT molecular complexity index is 762. The SMILES string of the molecule is COc1cc(Br)c(CCNC(=O)c2cc(Cl)c(Cl)n2C)cc1OC. The second kappa shape index (κ2) is 8.14. The molecule has 0 aliphatic carbocycles. The van der Waals surface area contributed by atoms with E-state index in [4.69, 9.17) is 32.7 Å². The molecule has 0 atom stereocenters. The molecule has 0 fully saturated rings. The smallest absolute Gasteiger partial charge is 0.268 e. The lowest BCUT2D eigenvalue weighted by Gasteiger charge is -2.12. The largest absolute Gasteiger partial charge is 0.493 e. The summed E-state index contributed by atoms with van der Waals surface area (Å²) < 4.78 is 13.0. The van der Waals surface area contributed by atoms with Crippen molar-refractivity contribution in [3.8, 4) is 11.5 Å². The number of nitrogens with zero attached hydrogens (tertiary/aromatic N) is 1. The van der Waals surface area contributed by atoms with Crippen LogP contribution in [-0.4, -0.2) is 31.2 Å². The molecule has 2 rings (SSSR count). The molecule has 0 radical (unpaired) electrons. The number of ether oxygens (including phenoxy) is 2. The Morgan fingerprint density at radius 1 is 1.21 bits per heavy atom. The summed E-state index contributed by atoms with van der Waals surface area (Å²) in [5, 5.41) is 3.54. The molecule has 0 saturated heterocycles. The number of halogens is 3. The number of carbonyl (C=O) groups excluding carboxylic acids is 1. The normalized spacial score (nSPS) is 10.6. The first-order valence-corrected chi connectivity index (χ1v) is 8.63. The molecule has 0 unspecified atom stereocenters. The van der Waals surface area contributed by atoms with Gasteiger partial charge >= 0.3 is 0 Å². The van der Waals surface area contributed by atoms with Gasteiger partial charge in [0.15, 0.2) is 11.5 Å². The first kappa shape index (κ1) is 19.0. The van der Waals surface area contributed by atoms with Gasteiger partial charge in [-0.25, -0.2) is 0 Å². The zero-order chi connectivity index (χ0) is 17.9. The molecular formula is C16H17BrCl2N2O3. The van der Waals surface area contributed by atoms with E-state index in [1.54, 1.807) is 31.9 Å². The van der Waals surface area contributed by atoms with E-state index in [0.717, 1.165) is 10.0 Å². The molecule has 0 bridgehead atoms. The van der Waals surface area contributed by atoms with Crippen molar-refractivity contribution in [1.29, 1.82) is 0 Å². The van der Waals surface area contributed by atoms with E-state index in [2.05, 4.69) is 21.2 Å². The zero-order valence-corrected chi connectivity index (χ0v) is 16.5. The van der Waals surface area contributed by atoms with Crippen molar-refractivity contribution in [2.45, 2.75) is 6.42 Å². The zero-order valence-electron chi connectivity index (χ0n) is 13.5. The summed E-state index contributed by atoms with van der Waals surface area (Å²) in [4.78, 5) is 12.2. The van der Waals surface area contributed by atoms with Gasteiger partial charge in [0.25, 0.3) is 5.91 Å². The minimum atomic E-state index is -0.233. The van der Waals surface area contributed by atoms with Crippen molar-refractivity contribution < 1.29 is 14.3 Å². The topological polar surface area (TPSA) is 52.5 Å². The third kappa shape index (κ3) is 3.99. The Balaban J connectivity index is 2.04. The maximum Gasteiger partial charge on any atom is 0.268 e. The van der Waals surface area contributed by atoms with Crippen LogP contribution >= 0.6 is 39.1 Å². The van der Waals surface area contributed by atoms with Crippen LogP contribution in [0.2, 0.25) is 10.2 Å². The average molecular weight is 436 g/mol. The van der Waals surface area contributed by atoms with E-state index in [9.17, 15) is 4.79 Å². The Labute approximate surface area is 159 Å². The van der Waals surface area contributed by atoms with Gasteiger partial charge < -0.3 is 19.4 Å². The highest BCUT2D eigenvalue weighted by Crippen LogP contribution is 2.33. The fraction of sp³-hybridized carbons (Fsp3) is 0.312. The quantitative estimate of drug-likeness (QED) is 0.743. The molecular weight excluding hydrogens is 419 g/mol. The predicted octanol–water partition coefficient (Wildman–Crippen LogP) is 4.08. The van der Waals surface area contributed by atoms with Crippen LogP contribution < -0.4 is 14.8 Å². The number of hydrogen-bond acceptors (Lipinski definition) is 3. The van der Waals surface area contributed by atoms with Gasteiger partial charge in [0, 0.05) is 18.1 Å². The summed E-state index contributed by atoms with van der Waals surface area (Å²) in [7, 11) is 4.86. The molecule has 1 amide bonds. The van der Waals surface area contributed by atoms with Crippen molar-refractivity contribution in [1.82, 2.24) is 9.88 Å². The van der Waals surface area contributed by atoms with Crippen LogP contribution in [0, 0.1) is 0 Å². The van der Waals surface area contributed by atoms with Gasteiger partial charge in [-0.2, -0.15) is 0 Å². The summed E-state index contributed by atoms with van der Waals surface area (Å²) in [6.45, 7) is 0.452. The van der Waals surface area contributed by atoms with Gasteiger partial charge in [0.1, 0.15) is 10.8 Å². The monoisotopic (exact) mass is 434 g/mol. The number of amides is 1. The van der Waals surface area contributed by atoms with Gasteiger partial charge in [-0.15, -0.1) is 0 Å². The number of benzene rings is 1. The molecule has 5 nitrogen and oxygen atoms in total. The number of carbonyl (C=O) groups is 1. The van der Waals surface area contributed by atoms with E-state index < -0.39 is 0 Å².